The van der Waals surface area contributed by atoms with Gasteiger partial charge in [-0.1, -0.05) is 17.3 Å². The van der Waals surface area contributed by atoms with Crippen LogP contribution in [0, 0.1) is 24.7 Å². The topological polar surface area (TPSA) is 112 Å². The summed E-state index contributed by atoms with van der Waals surface area (Å²) in [5, 5.41) is 11.3. The minimum Gasteiger partial charge on any atom is -0.494 e. The highest BCUT2D eigenvalue weighted by Gasteiger charge is 2.22. The van der Waals surface area contributed by atoms with E-state index in [0.29, 0.717) is 10.9 Å². The Kier molecular flexibility index (Phi) is 6.93. The van der Waals surface area contributed by atoms with Crippen LogP contribution >= 0.6 is 11.3 Å². The predicted molar refractivity (Wildman–Crippen MR) is 137 cm³/mol. The minimum atomic E-state index is -2.85. The summed E-state index contributed by atoms with van der Waals surface area (Å²) >= 11 is 1.12. The monoisotopic (exact) mass is 534 g/mol. The summed E-state index contributed by atoms with van der Waals surface area (Å²) in [4.78, 5) is 34.0. The van der Waals surface area contributed by atoms with E-state index in [1.54, 1.807) is 19.2 Å². The molecular formula is C26H20F2N6O3S. The van der Waals surface area contributed by atoms with Crippen LogP contribution in [0.15, 0.2) is 47.7 Å². The number of nitrogens with one attached hydrogen (secondary N) is 1. The van der Waals surface area contributed by atoms with E-state index in [1.807, 2.05) is 0 Å². The first-order valence-electron chi connectivity index (χ1n) is 11.5. The van der Waals surface area contributed by atoms with Gasteiger partial charge in [0.05, 0.1) is 18.9 Å². The van der Waals surface area contributed by atoms with Gasteiger partial charge in [0.1, 0.15) is 17.3 Å². The van der Waals surface area contributed by atoms with Crippen LogP contribution in [0.2, 0.25) is 0 Å². The Balaban J connectivity index is 1.58. The number of aromatic nitrogens is 5. The molecule has 1 N–H and O–H groups in total. The van der Waals surface area contributed by atoms with Crippen LogP contribution in [0.25, 0.3) is 16.9 Å². The number of ether oxygens (including phenoxy) is 1. The molecule has 38 heavy (non-hydrogen) atoms. The molecule has 192 valence electrons. The first kappa shape index (κ1) is 25.2. The van der Waals surface area contributed by atoms with Crippen molar-refractivity contribution in [2.75, 3.05) is 12.4 Å². The largest absolute Gasteiger partial charge is 0.494 e. The summed E-state index contributed by atoms with van der Waals surface area (Å²) in [5.41, 5.74) is 0.349. The van der Waals surface area contributed by atoms with Gasteiger partial charge in [0.2, 0.25) is 5.13 Å². The second-order valence-corrected chi connectivity index (χ2v) is 9.50. The van der Waals surface area contributed by atoms with Crippen LogP contribution in [0.3, 0.4) is 0 Å². The number of nitrogens with zero attached hydrogens (tertiary/aromatic N) is 5. The molecule has 1 amide bonds. The zero-order valence-corrected chi connectivity index (χ0v) is 21.1. The SMILES string of the molecule is COc1cnc(C(F)F)cc1-c1cc(-n2ccc(C)cc2=O)ncc1C(=O)Nc1nnc(C#CC2CC2)s1. The van der Waals surface area contributed by atoms with Gasteiger partial charge in [-0.2, -0.15) is 0 Å². The third-order valence-electron chi connectivity index (χ3n) is 5.68. The number of methoxy groups -OCH3 is 1. The van der Waals surface area contributed by atoms with E-state index < -0.39 is 18.0 Å². The van der Waals surface area contributed by atoms with Crippen molar-refractivity contribution in [3.63, 3.8) is 0 Å². The maximum atomic E-state index is 13.5. The number of carbonyl (C=O) groups is 1. The van der Waals surface area contributed by atoms with E-state index in [2.05, 4.69) is 37.3 Å². The average Bonchev–Trinajstić information content (AvgIpc) is 3.64. The van der Waals surface area contributed by atoms with Gasteiger partial charge in [-0.3, -0.25) is 24.5 Å². The molecule has 0 aliphatic heterocycles. The fourth-order valence-electron chi connectivity index (χ4n) is 3.58. The molecule has 5 rings (SSSR count). The Morgan fingerprint density at radius 3 is 2.71 bits per heavy atom. The van der Waals surface area contributed by atoms with Gasteiger partial charge < -0.3 is 4.74 Å². The Morgan fingerprint density at radius 1 is 1.18 bits per heavy atom. The van der Waals surface area contributed by atoms with E-state index in [9.17, 15) is 18.4 Å². The van der Waals surface area contributed by atoms with E-state index in [4.69, 9.17) is 4.74 Å². The molecule has 4 aromatic heterocycles. The van der Waals surface area contributed by atoms with Crippen LogP contribution in [0.5, 0.6) is 5.75 Å². The smallest absolute Gasteiger partial charge is 0.280 e. The van der Waals surface area contributed by atoms with Crippen molar-refractivity contribution in [2.45, 2.75) is 26.2 Å². The van der Waals surface area contributed by atoms with Crippen molar-refractivity contribution < 1.29 is 18.3 Å². The number of alkyl halides is 2. The lowest BCUT2D eigenvalue weighted by Gasteiger charge is -2.15. The predicted octanol–water partition coefficient (Wildman–Crippen LogP) is 4.41. The maximum Gasteiger partial charge on any atom is 0.280 e. The van der Waals surface area contributed by atoms with Gasteiger partial charge in [0, 0.05) is 35.5 Å². The number of hydrogen-bond donors (Lipinski definition) is 1. The quantitative estimate of drug-likeness (QED) is 0.365. The zero-order chi connectivity index (χ0) is 26.8. The normalized spacial score (nSPS) is 12.7. The summed E-state index contributed by atoms with van der Waals surface area (Å²) < 4.78 is 33.7. The molecule has 0 aromatic carbocycles. The first-order chi connectivity index (χ1) is 18.3. The first-order valence-corrected chi connectivity index (χ1v) is 12.3. The molecule has 1 aliphatic carbocycles. The second-order valence-electron chi connectivity index (χ2n) is 8.52. The second kappa shape index (κ2) is 10.5. The fourth-order valence-corrected chi connectivity index (χ4v) is 4.18. The van der Waals surface area contributed by atoms with Crippen molar-refractivity contribution in [1.29, 1.82) is 0 Å². The third-order valence-corrected chi connectivity index (χ3v) is 6.44. The van der Waals surface area contributed by atoms with Crippen molar-refractivity contribution in [2.24, 2.45) is 5.92 Å². The van der Waals surface area contributed by atoms with Crippen molar-refractivity contribution in [3.8, 4) is 34.5 Å². The Bertz CT molecular complexity index is 1650. The van der Waals surface area contributed by atoms with Crippen LogP contribution < -0.4 is 15.6 Å². The van der Waals surface area contributed by atoms with Gasteiger partial charge >= 0.3 is 0 Å². The van der Waals surface area contributed by atoms with Crippen LogP contribution in [0.4, 0.5) is 13.9 Å². The molecule has 1 aliphatic rings. The lowest BCUT2D eigenvalue weighted by molar-refractivity contribution is 0.102. The number of rotatable bonds is 6. The number of carbonyl (C=O) groups excluding carboxylic acids is 1. The number of aryl methyl sites for hydroxylation is 1. The van der Waals surface area contributed by atoms with E-state index in [-0.39, 0.29) is 38.9 Å². The summed E-state index contributed by atoms with van der Waals surface area (Å²) in [5.74, 6) is 6.16. The molecule has 0 bridgehead atoms. The number of hydrogen-bond acceptors (Lipinski definition) is 8. The molecule has 0 unspecified atom stereocenters. The molecule has 12 heteroatoms. The lowest BCUT2D eigenvalue weighted by Crippen LogP contribution is -2.19. The molecular weight excluding hydrogens is 514 g/mol. The Morgan fingerprint density at radius 2 is 2.00 bits per heavy atom. The molecule has 9 nitrogen and oxygen atoms in total. The number of halogens is 2. The van der Waals surface area contributed by atoms with E-state index >= 15 is 0 Å². The molecule has 0 atom stereocenters. The van der Waals surface area contributed by atoms with Crippen molar-refractivity contribution in [3.05, 3.63) is 75.0 Å². The van der Waals surface area contributed by atoms with Crippen LogP contribution in [-0.4, -0.2) is 37.7 Å². The fraction of sp³-hybridized carbons (Fsp3) is 0.231. The number of amides is 1. The van der Waals surface area contributed by atoms with Crippen molar-refractivity contribution >= 4 is 22.4 Å². The van der Waals surface area contributed by atoms with Crippen LogP contribution in [0.1, 0.15) is 45.9 Å². The zero-order valence-electron chi connectivity index (χ0n) is 20.2. The molecule has 1 saturated carbocycles. The van der Waals surface area contributed by atoms with Crippen molar-refractivity contribution in [1.82, 2.24) is 24.7 Å². The van der Waals surface area contributed by atoms with Gasteiger partial charge in [-0.25, -0.2) is 13.8 Å². The molecule has 0 radical (unpaired) electrons. The minimum absolute atomic E-state index is 0.0411. The van der Waals surface area contributed by atoms with Gasteiger partial charge in [0.25, 0.3) is 17.9 Å². The summed E-state index contributed by atoms with van der Waals surface area (Å²) in [6, 6.07) is 5.77. The van der Waals surface area contributed by atoms with Gasteiger partial charge in [-0.15, -0.1) is 10.2 Å². The highest BCUT2D eigenvalue weighted by atomic mass is 32.1. The summed E-state index contributed by atoms with van der Waals surface area (Å²) in [6.45, 7) is 1.78. The maximum absolute atomic E-state index is 13.5. The van der Waals surface area contributed by atoms with E-state index in [1.165, 1.54) is 30.0 Å². The molecule has 1 fully saturated rings. The number of pyridine rings is 3. The van der Waals surface area contributed by atoms with E-state index in [0.717, 1.165) is 42.0 Å². The standard InChI is InChI=1S/C26H20F2N6O3S/c1-14-7-8-34(23(35)9-14)21-11-16(17-10-19(24(27)28)29-13-20(17)37-2)18(12-30-21)25(36)31-26-33-32-22(38-26)6-5-15-3-4-15/h7-13,15,24H,3-4H2,1-2H3,(H,31,33,36). The van der Waals surface area contributed by atoms with Gasteiger partial charge in [0.15, 0.2) is 5.01 Å². The summed E-state index contributed by atoms with van der Waals surface area (Å²) in [6.07, 6.45) is 3.26. The Hall–Kier alpha value is -4.50. The number of anilines is 1. The highest BCUT2D eigenvalue weighted by molar-refractivity contribution is 7.15. The molecule has 0 saturated heterocycles. The molecule has 0 spiro atoms. The summed E-state index contributed by atoms with van der Waals surface area (Å²) in [7, 11) is 1.36. The highest BCUT2D eigenvalue weighted by Crippen LogP contribution is 2.35. The lowest BCUT2D eigenvalue weighted by atomic mass is 10.00. The van der Waals surface area contributed by atoms with Crippen LogP contribution in [-0.2, 0) is 0 Å². The molecule has 4 heterocycles. The Labute approximate surface area is 219 Å². The van der Waals surface area contributed by atoms with Gasteiger partial charge in [-0.05, 0) is 49.4 Å². The average molecular weight is 535 g/mol. The molecule has 4 aromatic rings. The third kappa shape index (κ3) is 5.42.